The summed E-state index contributed by atoms with van der Waals surface area (Å²) in [6, 6.07) is 0. The van der Waals surface area contributed by atoms with Crippen LogP contribution in [0.15, 0.2) is 0 Å². The maximum atomic E-state index is 6.41. The van der Waals surface area contributed by atoms with Crippen molar-refractivity contribution in [1.82, 2.24) is 4.89 Å². The molecule has 1 nitrogen and oxygen atoms in total. The van der Waals surface area contributed by atoms with Crippen LogP contribution < -0.4 is 4.89 Å². The number of rotatable bonds is 6. The molecule has 9 heteroatoms. The Kier molecular flexibility index (Phi) is 7.42. The van der Waals surface area contributed by atoms with Crippen LogP contribution in [0.1, 0.15) is 13.8 Å². The predicted octanol–water partition coefficient (Wildman–Crippen LogP) is 5.36. The van der Waals surface area contributed by atoms with Crippen molar-refractivity contribution in [3.63, 3.8) is 0 Å². The molecule has 1 N–H and O–H groups in total. The molecule has 2 unspecified atom stereocenters. The van der Waals surface area contributed by atoms with Crippen molar-refractivity contribution in [1.29, 1.82) is 0 Å². The molecule has 0 aromatic rings. The van der Waals surface area contributed by atoms with Crippen molar-refractivity contribution >= 4 is 72.8 Å². The number of nitrogens with one attached hydrogen (secondary N) is 1. The Balaban J connectivity index is 5.19. The van der Waals surface area contributed by atoms with Gasteiger partial charge in [-0.15, -0.1) is 44.3 Å². The third-order valence-electron chi connectivity index (χ3n) is 3.28. The zero-order chi connectivity index (χ0) is 14.9. The van der Waals surface area contributed by atoms with Crippen LogP contribution in [0.25, 0.3) is 0 Å². The van der Waals surface area contributed by atoms with Gasteiger partial charge in [0.25, 0.3) is 0 Å². The highest BCUT2D eigenvalue weighted by Crippen LogP contribution is 2.40. The lowest BCUT2D eigenvalue weighted by molar-refractivity contribution is 1.10. The van der Waals surface area contributed by atoms with Crippen molar-refractivity contribution in [2.75, 3.05) is 0 Å². The second-order valence-electron chi connectivity index (χ2n) is 6.41. The zero-order valence-corrected chi connectivity index (χ0v) is 18.3. The quantitative estimate of drug-likeness (QED) is 0.481. The summed E-state index contributed by atoms with van der Waals surface area (Å²) in [4.78, 5) is 3.74. The van der Waals surface area contributed by atoms with E-state index in [9.17, 15) is 0 Å². The molecule has 0 amide bonds. The Labute approximate surface area is 134 Å². The molecule has 18 heavy (non-hydrogen) atoms. The van der Waals surface area contributed by atoms with Crippen LogP contribution in [0.5, 0.6) is 0 Å². The van der Waals surface area contributed by atoms with E-state index in [0.29, 0.717) is 0 Å². The Bertz CT molecular complexity index is 254. The highest BCUT2D eigenvalue weighted by Gasteiger charge is 2.47. The second kappa shape index (κ2) is 6.73. The molecule has 0 aliphatic rings. The van der Waals surface area contributed by atoms with E-state index < -0.39 is 21.6 Å². The SMILES string of the molecule is CC(B(N[Si](C)(C)C)C(C)[Si](C)(Cl)Cl)[Si](C)(Cl)Cl. The summed E-state index contributed by atoms with van der Waals surface area (Å²) < 4.78 is 0. The third kappa shape index (κ3) is 7.02. The molecule has 0 heterocycles. The maximum absolute atomic E-state index is 6.41. The number of hydrogen-bond acceptors (Lipinski definition) is 1. The fraction of sp³-hybridized carbons (Fsp3) is 1.00. The minimum Gasteiger partial charge on any atom is -0.379 e. The minimum atomic E-state index is -2.26. The maximum Gasteiger partial charge on any atom is 0.245 e. The molecule has 0 aromatic carbocycles. The van der Waals surface area contributed by atoms with Gasteiger partial charge in [0.05, 0.1) is 0 Å². The smallest absolute Gasteiger partial charge is 0.245 e. The summed E-state index contributed by atoms with van der Waals surface area (Å²) >= 11 is 25.6. The Morgan fingerprint density at radius 2 is 1.06 bits per heavy atom. The van der Waals surface area contributed by atoms with E-state index in [0.717, 1.165) is 0 Å². The topological polar surface area (TPSA) is 12.0 Å². The van der Waals surface area contributed by atoms with Crippen molar-refractivity contribution in [2.45, 2.75) is 57.5 Å². The van der Waals surface area contributed by atoms with Crippen LogP contribution in [0.3, 0.4) is 0 Å². The van der Waals surface area contributed by atoms with Crippen LogP contribution in [0.2, 0.25) is 43.6 Å². The molecule has 0 aromatic heterocycles. The molecule has 0 aliphatic carbocycles. The molecule has 0 saturated heterocycles. The summed E-state index contributed by atoms with van der Waals surface area (Å²) in [7, 11) is -1.44. The van der Waals surface area contributed by atoms with E-state index in [1.54, 1.807) is 0 Å². The van der Waals surface area contributed by atoms with Crippen molar-refractivity contribution in [2.24, 2.45) is 0 Å². The van der Waals surface area contributed by atoms with E-state index >= 15 is 0 Å². The molecular weight excluding hydrogens is 359 g/mol. The standard InChI is InChI=1S/C9H24BCl4NSi3/c1-8(17(6,11)12)10(15-16(3,4)5)9(2)18(7,13)14/h8-9,15H,1-7H3. The fourth-order valence-electron chi connectivity index (χ4n) is 1.81. The van der Waals surface area contributed by atoms with Crippen LogP contribution >= 0.6 is 44.3 Å². The summed E-state index contributed by atoms with van der Waals surface area (Å²) in [5, 5.41) is 0. The highest BCUT2D eigenvalue weighted by atomic mass is 35.7. The van der Waals surface area contributed by atoms with Crippen LogP contribution in [-0.4, -0.2) is 28.5 Å². The predicted molar refractivity (Wildman–Crippen MR) is 97.7 cm³/mol. The first kappa shape index (κ1) is 19.8. The van der Waals surface area contributed by atoms with E-state index in [1.165, 1.54) is 0 Å². The van der Waals surface area contributed by atoms with Gasteiger partial charge in [-0.1, -0.05) is 33.5 Å². The van der Waals surface area contributed by atoms with Gasteiger partial charge in [0, 0.05) is 0 Å². The molecule has 0 radical (unpaired) electrons. The molecule has 0 saturated carbocycles. The average Bonchev–Trinajstić information content (AvgIpc) is 2.07. The van der Waals surface area contributed by atoms with Crippen molar-refractivity contribution in [3.05, 3.63) is 0 Å². The first-order valence-corrected chi connectivity index (χ1v) is 18.9. The lowest BCUT2D eigenvalue weighted by atomic mass is 9.57. The van der Waals surface area contributed by atoms with Gasteiger partial charge in [-0.2, -0.15) is 0 Å². The number of hydrogen-bond donors (Lipinski definition) is 1. The van der Waals surface area contributed by atoms with Gasteiger partial charge < -0.3 is 4.89 Å². The lowest BCUT2D eigenvalue weighted by Gasteiger charge is -2.38. The van der Waals surface area contributed by atoms with E-state index in [4.69, 9.17) is 44.3 Å². The molecule has 0 fully saturated rings. The average molecular weight is 383 g/mol. The number of halogens is 4. The Morgan fingerprint density at radius 3 is 1.22 bits per heavy atom. The van der Waals surface area contributed by atoms with Gasteiger partial charge in [-0.3, -0.25) is 0 Å². The first-order valence-electron chi connectivity index (χ1n) is 6.19. The van der Waals surface area contributed by atoms with E-state index in [-0.39, 0.29) is 17.7 Å². The van der Waals surface area contributed by atoms with Crippen LogP contribution in [0, 0.1) is 0 Å². The fourth-order valence-corrected chi connectivity index (χ4v) is 7.47. The molecule has 0 aliphatic heterocycles. The lowest BCUT2D eigenvalue weighted by Crippen LogP contribution is -2.59. The second-order valence-corrected chi connectivity index (χ2v) is 27.4. The van der Waals surface area contributed by atoms with E-state index in [2.05, 4.69) is 38.4 Å². The monoisotopic (exact) mass is 381 g/mol. The van der Waals surface area contributed by atoms with Gasteiger partial charge in [0.2, 0.25) is 20.2 Å². The molecule has 108 valence electrons. The summed E-state index contributed by atoms with van der Waals surface area (Å²) in [6.07, 6.45) is 0. The summed E-state index contributed by atoms with van der Waals surface area (Å²) in [5.41, 5.74) is 0.429. The molecule has 0 rings (SSSR count). The minimum absolute atomic E-state index is 0.204. The van der Waals surface area contributed by atoms with Gasteiger partial charge in [0.15, 0.2) is 0 Å². The first-order chi connectivity index (χ1) is 7.66. The Hall–Kier alpha value is 1.84. The highest BCUT2D eigenvalue weighted by molar-refractivity contribution is 7.50. The Morgan fingerprint density at radius 1 is 0.778 bits per heavy atom. The third-order valence-corrected chi connectivity index (χ3v) is 12.5. The largest absolute Gasteiger partial charge is 0.379 e. The van der Waals surface area contributed by atoms with E-state index in [1.807, 2.05) is 13.1 Å². The zero-order valence-electron chi connectivity index (χ0n) is 12.2. The summed E-state index contributed by atoms with van der Waals surface area (Å²) in [6.45, 7) is 10.7. The molecule has 0 bridgehead atoms. The van der Waals surface area contributed by atoms with Gasteiger partial charge in [-0.25, -0.2) is 0 Å². The molecule has 0 spiro atoms. The van der Waals surface area contributed by atoms with Crippen LogP contribution in [-0.2, 0) is 0 Å². The van der Waals surface area contributed by atoms with Crippen molar-refractivity contribution < 1.29 is 0 Å². The summed E-state index contributed by atoms with van der Waals surface area (Å²) in [5.74, 6) is 0. The van der Waals surface area contributed by atoms with Crippen LogP contribution in [0.4, 0.5) is 0 Å². The van der Waals surface area contributed by atoms with Gasteiger partial charge in [0.1, 0.15) is 8.24 Å². The van der Waals surface area contributed by atoms with Crippen molar-refractivity contribution in [3.8, 4) is 0 Å². The van der Waals surface area contributed by atoms with Gasteiger partial charge in [-0.05, 0) is 24.0 Å². The molecular formula is C9H24BCl4NSi3. The van der Waals surface area contributed by atoms with Gasteiger partial charge >= 0.3 is 0 Å². The normalized spacial score (nSPS) is 17.5. The molecule has 2 atom stereocenters.